The largest absolute Gasteiger partial charge is 0.103 e. The van der Waals surface area contributed by atoms with Crippen LogP contribution >= 0.6 is 0 Å². The summed E-state index contributed by atoms with van der Waals surface area (Å²) in [6, 6.07) is 8.21. The van der Waals surface area contributed by atoms with Crippen LogP contribution in [0.1, 0.15) is 11.1 Å². The molecule has 12 heavy (non-hydrogen) atoms. The van der Waals surface area contributed by atoms with Crippen LogP contribution in [-0.2, 0) is 6.42 Å². The first-order valence-electron chi connectivity index (χ1n) is 3.69. The third-order valence-corrected chi connectivity index (χ3v) is 1.64. The van der Waals surface area contributed by atoms with E-state index in [0.29, 0.717) is 0 Å². The first-order valence-corrected chi connectivity index (χ1v) is 3.69. The van der Waals surface area contributed by atoms with E-state index in [4.69, 9.17) is 0 Å². The Balaban J connectivity index is 0.00000121. The van der Waals surface area contributed by atoms with Crippen molar-refractivity contribution in [3.05, 3.63) is 62.1 Å². The topological polar surface area (TPSA) is 0 Å². The quantitative estimate of drug-likeness (QED) is 0.590. The second-order valence-corrected chi connectivity index (χ2v) is 2.40. The average Bonchev–Trinajstić information content (AvgIpc) is 2.06. The highest BCUT2D eigenvalue weighted by molar-refractivity contribution is 5.52. The van der Waals surface area contributed by atoms with Crippen molar-refractivity contribution >= 4 is 6.08 Å². The van der Waals surface area contributed by atoms with E-state index in [1.54, 1.807) is 0 Å². The first-order chi connectivity index (χ1) is 5.38. The Morgan fingerprint density at radius 3 is 2.42 bits per heavy atom. The molecule has 0 saturated heterocycles. The Bertz CT molecular complexity index is 258. The van der Waals surface area contributed by atoms with Crippen molar-refractivity contribution in [2.24, 2.45) is 0 Å². The smallest absolute Gasteiger partial charge is 0 e. The highest BCUT2D eigenvalue weighted by atomic mass is 14.0. The van der Waals surface area contributed by atoms with Crippen LogP contribution < -0.4 is 0 Å². The van der Waals surface area contributed by atoms with E-state index in [9.17, 15) is 0 Å². The lowest BCUT2D eigenvalue weighted by Gasteiger charge is -2.00. The second-order valence-electron chi connectivity index (χ2n) is 2.40. The highest BCUT2D eigenvalue weighted by Crippen LogP contribution is 2.10. The Morgan fingerprint density at radius 2 is 1.83 bits per heavy atom. The van der Waals surface area contributed by atoms with Gasteiger partial charge in [-0.1, -0.05) is 43.0 Å². The molecule has 0 N–H and O–H groups in total. The zero-order valence-electron chi connectivity index (χ0n) is 7.09. The summed E-state index contributed by atoms with van der Waals surface area (Å²) >= 11 is 0. The van der Waals surface area contributed by atoms with E-state index in [0.717, 1.165) is 6.42 Å². The van der Waals surface area contributed by atoms with Gasteiger partial charge in [-0.2, -0.15) is 0 Å². The minimum absolute atomic E-state index is 0. The van der Waals surface area contributed by atoms with Crippen LogP contribution in [0.4, 0.5) is 0 Å². The molecule has 0 heteroatoms. The molecule has 0 aliphatic rings. The third-order valence-electron chi connectivity index (χ3n) is 1.64. The molecule has 0 spiro atoms. The van der Waals surface area contributed by atoms with E-state index in [1.165, 1.54) is 11.1 Å². The number of hydrogen-bond acceptors (Lipinski definition) is 0. The van der Waals surface area contributed by atoms with Crippen LogP contribution in [0.5, 0.6) is 0 Å². The van der Waals surface area contributed by atoms with Gasteiger partial charge in [0.25, 0.3) is 0 Å². The van der Waals surface area contributed by atoms with Crippen molar-refractivity contribution in [2.75, 3.05) is 0 Å². The van der Waals surface area contributed by atoms with Gasteiger partial charge in [-0.25, -0.2) is 0 Å². The van der Waals surface area contributed by atoms with E-state index in [1.807, 2.05) is 24.3 Å². The molecule has 0 bridgehead atoms. The van der Waals surface area contributed by atoms with Crippen molar-refractivity contribution in [3.8, 4) is 0 Å². The summed E-state index contributed by atoms with van der Waals surface area (Å²) < 4.78 is 0. The minimum atomic E-state index is 0. The lowest BCUT2D eigenvalue weighted by molar-refractivity contribution is 1.26. The molecule has 0 aromatic heterocycles. The van der Waals surface area contributed by atoms with Crippen LogP contribution in [0, 0.1) is 7.43 Å². The molecule has 0 aliphatic carbocycles. The van der Waals surface area contributed by atoms with Crippen LogP contribution in [0.3, 0.4) is 0 Å². The van der Waals surface area contributed by atoms with Gasteiger partial charge in [-0.15, -0.1) is 6.58 Å². The molecule has 0 heterocycles. The van der Waals surface area contributed by atoms with Crippen molar-refractivity contribution in [3.63, 3.8) is 0 Å². The second kappa shape index (κ2) is 5.36. The normalized spacial score (nSPS) is 8.33. The molecule has 1 aromatic rings. The number of rotatable bonds is 3. The summed E-state index contributed by atoms with van der Waals surface area (Å²) in [7, 11) is 0. The molecule has 0 aliphatic heterocycles. The molecule has 1 aromatic carbocycles. The lowest BCUT2D eigenvalue weighted by Crippen LogP contribution is -1.84. The van der Waals surface area contributed by atoms with Crippen LogP contribution in [0.25, 0.3) is 6.08 Å². The number of hydrogen-bond donors (Lipinski definition) is 0. The maximum atomic E-state index is 3.74. The third kappa shape index (κ3) is 2.39. The van der Waals surface area contributed by atoms with Gasteiger partial charge in [-0.3, -0.25) is 0 Å². The van der Waals surface area contributed by atoms with Gasteiger partial charge < -0.3 is 0 Å². The summed E-state index contributed by atoms with van der Waals surface area (Å²) in [6.07, 6.45) is 4.70. The van der Waals surface area contributed by atoms with Gasteiger partial charge >= 0.3 is 0 Å². The van der Waals surface area contributed by atoms with Crippen LogP contribution in [-0.4, -0.2) is 0 Å². The Morgan fingerprint density at radius 1 is 1.17 bits per heavy atom. The zero-order chi connectivity index (χ0) is 8.10. The van der Waals surface area contributed by atoms with Crippen molar-refractivity contribution in [1.29, 1.82) is 0 Å². The summed E-state index contributed by atoms with van der Waals surface area (Å²) in [4.78, 5) is 0. The fourth-order valence-electron chi connectivity index (χ4n) is 1.07. The van der Waals surface area contributed by atoms with Crippen LogP contribution in [0.15, 0.2) is 43.5 Å². The molecule has 4 radical (unpaired) electrons. The first kappa shape index (κ1) is 10.7. The molecule has 0 nitrogen and oxygen atoms in total. The molecule has 0 saturated carbocycles. The SMILES string of the molecule is C=CCc1ccccc1C=C.[C]. The molecule has 60 valence electrons. The Kier molecular flexibility index (Phi) is 4.78. The van der Waals surface area contributed by atoms with Crippen molar-refractivity contribution in [2.45, 2.75) is 6.42 Å². The van der Waals surface area contributed by atoms with Crippen molar-refractivity contribution in [1.82, 2.24) is 0 Å². The van der Waals surface area contributed by atoms with Gasteiger partial charge in [0.15, 0.2) is 0 Å². The Hall–Kier alpha value is -1.30. The molecule has 1 rings (SSSR count). The average molecular weight is 156 g/mol. The lowest BCUT2D eigenvalue weighted by atomic mass is 10.1. The van der Waals surface area contributed by atoms with E-state index >= 15 is 0 Å². The summed E-state index contributed by atoms with van der Waals surface area (Å²) in [5.74, 6) is 0. The van der Waals surface area contributed by atoms with Gasteiger partial charge in [0.2, 0.25) is 0 Å². The molecule has 0 unspecified atom stereocenters. The minimum Gasteiger partial charge on any atom is -0.103 e. The zero-order valence-corrected chi connectivity index (χ0v) is 7.09. The Labute approximate surface area is 75.2 Å². The highest BCUT2D eigenvalue weighted by Gasteiger charge is 1.93. The fourth-order valence-corrected chi connectivity index (χ4v) is 1.07. The van der Waals surface area contributed by atoms with Crippen LogP contribution in [0.2, 0.25) is 0 Å². The predicted octanol–water partition coefficient (Wildman–Crippen LogP) is 3.14. The maximum Gasteiger partial charge on any atom is 0 e. The number of benzene rings is 1. The molecular weight excluding hydrogens is 144 g/mol. The van der Waals surface area contributed by atoms with Gasteiger partial charge in [-0.05, 0) is 17.5 Å². The predicted molar refractivity (Wildman–Crippen MR) is 53.7 cm³/mol. The van der Waals surface area contributed by atoms with Crippen molar-refractivity contribution < 1.29 is 0 Å². The maximum absolute atomic E-state index is 3.74. The molecular formula is C12H12. The van der Waals surface area contributed by atoms with Gasteiger partial charge in [0.1, 0.15) is 0 Å². The van der Waals surface area contributed by atoms with E-state index < -0.39 is 0 Å². The molecule has 0 amide bonds. The summed E-state index contributed by atoms with van der Waals surface area (Å²) in [5.41, 5.74) is 2.49. The number of allylic oxidation sites excluding steroid dienone is 1. The molecule has 0 atom stereocenters. The summed E-state index contributed by atoms with van der Waals surface area (Å²) in [5, 5.41) is 0. The molecule has 0 fully saturated rings. The summed E-state index contributed by atoms with van der Waals surface area (Å²) in [6.45, 7) is 7.44. The van der Waals surface area contributed by atoms with Gasteiger partial charge in [0, 0.05) is 7.43 Å². The fraction of sp³-hybridized carbons (Fsp3) is 0.0833. The monoisotopic (exact) mass is 156 g/mol. The van der Waals surface area contributed by atoms with Gasteiger partial charge in [0.05, 0.1) is 0 Å². The van der Waals surface area contributed by atoms with E-state index in [-0.39, 0.29) is 7.43 Å². The van der Waals surface area contributed by atoms with E-state index in [2.05, 4.69) is 25.3 Å². The standard InChI is InChI=1S/C11H12.C/c1-3-7-11-9-6-5-8-10(11)4-2;/h3-6,8-9H,1-2,7H2;.